The number of carbonyl (C=O) groups excluding carboxylic acids is 4. The Labute approximate surface area is 186 Å². The predicted molar refractivity (Wildman–Crippen MR) is 117 cm³/mol. The van der Waals surface area contributed by atoms with Crippen molar-refractivity contribution in [2.45, 2.75) is 38.8 Å². The molecule has 0 spiro atoms. The van der Waals surface area contributed by atoms with Crippen molar-refractivity contribution in [2.24, 2.45) is 0 Å². The van der Waals surface area contributed by atoms with Gasteiger partial charge in [0, 0.05) is 30.7 Å². The number of para-hydroxylation sites is 1. The number of likely N-dealkylation sites (tertiary alicyclic amines) is 1. The van der Waals surface area contributed by atoms with Gasteiger partial charge >= 0.3 is 6.09 Å². The highest BCUT2D eigenvalue weighted by Gasteiger charge is 2.38. The van der Waals surface area contributed by atoms with Gasteiger partial charge in [-0.05, 0) is 57.0 Å². The molecule has 2 heterocycles. The molecule has 1 fully saturated rings. The highest BCUT2D eigenvalue weighted by atomic mass is 16.6. The number of hydrogen-bond donors (Lipinski definition) is 1. The predicted octanol–water partition coefficient (Wildman–Crippen LogP) is 3.08. The summed E-state index contributed by atoms with van der Waals surface area (Å²) in [7, 11) is 0. The number of piperidine rings is 1. The summed E-state index contributed by atoms with van der Waals surface area (Å²) in [4.78, 5) is 53.0. The number of imide groups is 1. The van der Waals surface area contributed by atoms with E-state index in [9.17, 15) is 19.2 Å². The molecule has 2 aliphatic rings. The van der Waals surface area contributed by atoms with Gasteiger partial charge in [0.15, 0.2) is 0 Å². The Balaban J connectivity index is 1.35. The maximum Gasteiger partial charge on any atom is 0.412 e. The second-order valence-electron chi connectivity index (χ2n) is 8.25. The van der Waals surface area contributed by atoms with Gasteiger partial charge in [-0.3, -0.25) is 19.3 Å². The van der Waals surface area contributed by atoms with Crippen molar-refractivity contribution in [3.63, 3.8) is 0 Å². The van der Waals surface area contributed by atoms with Crippen LogP contribution in [0.2, 0.25) is 0 Å². The van der Waals surface area contributed by atoms with Gasteiger partial charge in [-0.2, -0.15) is 0 Å². The Morgan fingerprint density at radius 1 is 0.969 bits per heavy atom. The fourth-order valence-electron chi connectivity index (χ4n) is 4.06. The molecule has 0 aliphatic carbocycles. The standard InChI is InChI=1S/C24H25N3O5/c1-15(2)27-22(29)19-9-8-16(14-20(19)23(27)30)21(28)26-12-10-17(11-13-26)25-24(31)32-18-6-4-3-5-7-18/h3-9,14-15,17H,10-13H2,1-2H3,(H,25,31). The van der Waals surface area contributed by atoms with Crippen LogP contribution < -0.4 is 10.1 Å². The van der Waals surface area contributed by atoms with Crippen molar-refractivity contribution in [3.05, 3.63) is 65.2 Å². The van der Waals surface area contributed by atoms with Crippen LogP contribution in [-0.2, 0) is 0 Å². The largest absolute Gasteiger partial charge is 0.412 e. The summed E-state index contributed by atoms with van der Waals surface area (Å²) in [5.74, 6) is -0.414. The van der Waals surface area contributed by atoms with E-state index in [4.69, 9.17) is 4.74 Å². The zero-order chi connectivity index (χ0) is 22.8. The SMILES string of the molecule is CC(C)N1C(=O)c2ccc(C(=O)N3CCC(NC(=O)Oc4ccccc4)CC3)cc2C1=O. The van der Waals surface area contributed by atoms with Crippen molar-refractivity contribution in [3.8, 4) is 5.75 Å². The molecule has 0 aromatic heterocycles. The van der Waals surface area contributed by atoms with Gasteiger partial charge in [-0.15, -0.1) is 0 Å². The third kappa shape index (κ3) is 4.21. The van der Waals surface area contributed by atoms with Crippen LogP contribution in [0.4, 0.5) is 4.79 Å². The molecule has 0 radical (unpaired) electrons. The van der Waals surface area contributed by atoms with Crippen molar-refractivity contribution < 1.29 is 23.9 Å². The lowest BCUT2D eigenvalue weighted by atomic mass is 10.0. The van der Waals surface area contributed by atoms with Crippen molar-refractivity contribution in [2.75, 3.05) is 13.1 Å². The van der Waals surface area contributed by atoms with Gasteiger partial charge in [0.25, 0.3) is 17.7 Å². The van der Waals surface area contributed by atoms with Crippen LogP contribution in [0.5, 0.6) is 5.75 Å². The van der Waals surface area contributed by atoms with E-state index < -0.39 is 6.09 Å². The summed E-state index contributed by atoms with van der Waals surface area (Å²) < 4.78 is 5.25. The molecular formula is C24H25N3O5. The molecule has 32 heavy (non-hydrogen) atoms. The highest BCUT2D eigenvalue weighted by Crippen LogP contribution is 2.26. The average molecular weight is 435 g/mol. The van der Waals surface area contributed by atoms with Crippen LogP contribution in [-0.4, -0.2) is 58.8 Å². The molecule has 0 unspecified atom stereocenters. The number of fused-ring (bicyclic) bond motifs is 1. The van der Waals surface area contributed by atoms with E-state index in [1.165, 1.54) is 11.0 Å². The van der Waals surface area contributed by atoms with Crippen LogP contribution in [0.25, 0.3) is 0 Å². The molecule has 1 N–H and O–H groups in total. The molecule has 0 bridgehead atoms. The van der Waals surface area contributed by atoms with E-state index >= 15 is 0 Å². The topological polar surface area (TPSA) is 96.0 Å². The Bertz CT molecular complexity index is 1060. The fourth-order valence-corrected chi connectivity index (χ4v) is 4.06. The smallest absolute Gasteiger partial charge is 0.410 e. The molecule has 2 aromatic carbocycles. The summed E-state index contributed by atoms with van der Waals surface area (Å²) in [5.41, 5.74) is 0.986. The van der Waals surface area contributed by atoms with Crippen molar-refractivity contribution in [1.29, 1.82) is 0 Å². The minimum atomic E-state index is -0.516. The lowest BCUT2D eigenvalue weighted by molar-refractivity contribution is 0.0608. The second kappa shape index (κ2) is 8.82. The number of nitrogens with one attached hydrogen (secondary N) is 1. The average Bonchev–Trinajstić information content (AvgIpc) is 3.04. The third-order valence-electron chi connectivity index (χ3n) is 5.74. The number of amides is 4. The fraction of sp³-hybridized carbons (Fsp3) is 0.333. The molecule has 2 aromatic rings. The van der Waals surface area contributed by atoms with Crippen molar-refractivity contribution in [1.82, 2.24) is 15.1 Å². The normalized spacial score (nSPS) is 16.3. The van der Waals surface area contributed by atoms with E-state index in [-0.39, 0.29) is 35.4 Å². The maximum atomic E-state index is 13.0. The van der Waals surface area contributed by atoms with E-state index in [0.717, 1.165) is 0 Å². The van der Waals surface area contributed by atoms with Gasteiger partial charge in [-0.25, -0.2) is 4.79 Å². The first-order chi connectivity index (χ1) is 15.3. The summed E-state index contributed by atoms with van der Waals surface area (Å²) in [6.07, 6.45) is 0.676. The Kier molecular flexibility index (Phi) is 5.94. The van der Waals surface area contributed by atoms with E-state index in [0.29, 0.717) is 42.8 Å². The summed E-state index contributed by atoms with van der Waals surface area (Å²) >= 11 is 0. The van der Waals surface area contributed by atoms with Gasteiger partial charge in [0.2, 0.25) is 0 Å². The van der Waals surface area contributed by atoms with Gasteiger partial charge in [0.1, 0.15) is 5.75 Å². The number of hydrogen-bond acceptors (Lipinski definition) is 5. The maximum absolute atomic E-state index is 13.0. The van der Waals surface area contributed by atoms with Gasteiger partial charge in [0.05, 0.1) is 11.1 Å². The molecular weight excluding hydrogens is 410 g/mol. The van der Waals surface area contributed by atoms with E-state index in [1.54, 1.807) is 55.1 Å². The molecule has 0 atom stereocenters. The molecule has 1 saturated heterocycles. The van der Waals surface area contributed by atoms with Crippen molar-refractivity contribution >= 4 is 23.8 Å². The lowest BCUT2D eigenvalue weighted by Crippen LogP contribution is -2.47. The first-order valence-corrected chi connectivity index (χ1v) is 10.7. The lowest BCUT2D eigenvalue weighted by Gasteiger charge is -2.32. The minimum Gasteiger partial charge on any atom is -0.410 e. The summed E-state index contributed by atoms with van der Waals surface area (Å²) in [6.45, 7) is 4.50. The minimum absolute atomic E-state index is 0.0888. The third-order valence-corrected chi connectivity index (χ3v) is 5.74. The number of benzene rings is 2. The molecule has 2 aliphatic heterocycles. The quantitative estimate of drug-likeness (QED) is 0.745. The Hall–Kier alpha value is -3.68. The monoisotopic (exact) mass is 435 g/mol. The van der Waals surface area contributed by atoms with E-state index in [2.05, 4.69) is 5.32 Å². The number of rotatable bonds is 4. The van der Waals surface area contributed by atoms with Crippen LogP contribution in [0, 0.1) is 0 Å². The zero-order valence-corrected chi connectivity index (χ0v) is 18.0. The van der Waals surface area contributed by atoms with Crippen LogP contribution in [0.1, 0.15) is 57.8 Å². The molecule has 8 heteroatoms. The summed E-state index contributed by atoms with van der Waals surface area (Å²) in [6, 6.07) is 13.2. The highest BCUT2D eigenvalue weighted by molar-refractivity contribution is 6.22. The zero-order valence-electron chi connectivity index (χ0n) is 18.0. The Morgan fingerprint density at radius 2 is 1.62 bits per heavy atom. The summed E-state index contributed by atoms with van der Waals surface area (Å²) in [5, 5.41) is 2.84. The van der Waals surface area contributed by atoms with Crippen LogP contribution in [0.15, 0.2) is 48.5 Å². The molecule has 0 saturated carbocycles. The number of nitrogens with zero attached hydrogens (tertiary/aromatic N) is 2. The van der Waals surface area contributed by atoms with E-state index in [1.807, 2.05) is 6.07 Å². The van der Waals surface area contributed by atoms with Gasteiger partial charge < -0.3 is 15.0 Å². The molecule has 4 amide bonds. The second-order valence-corrected chi connectivity index (χ2v) is 8.25. The molecule has 4 rings (SSSR count). The Morgan fingerprint density at radius 3 is 2.28 bits per heavy atom. The number of ether oxygens (including phenoxy) is 1. The van der Waals surface area contributed by atoms with Crippen LogP contribution in [0.3, 0.4) is 0 Å². The molecule has 8 nitrogen and oxygen atoms in total. The molecule has 166 valence electrons. The first-order valence-electron chi connectivity index (χ1n) is 10.7. The van der Waals surface area contributed by atoms with Gasteiger partial charge in [-0.1, -0.05) is 18.2 Å². The first kappa shape index (κ1) is 21.5. The number of carbonyl (C=O) groups is 4. The van der Waals surface area contributed by atoms with Crippen LogP contribution >= 0.6 is 0 Å².